The molecular formula is C43H43N5O6S2. The number of benzene rings is 5. The fourth-order valence-corrected chi connectivity index (χ4v) is 8.73. The first-order valence-corrected chi connectivity index (χ1v) is 20.8. The Kier molecular flexibility index (Phi) is 12.7. The minimum atomic E-state index is -3.97. The Bertz CT molecular complexity index is 2260. The second-order valence-electron chi connectivity index (χ2n) is 13.6. The molecule has 1 saturated heterocycles. The lowest BCUT2D eigenvalue weighted by Crippen LogP contribution is -2.47. The van der Waals surface area contributed by atoms with Crippen LogP contribution >= 0.6 is 11.8 Å². The lowest BCUT2D eigenvalue weighted by molar-refractivity contribution is -0.255. The van der Waals surface area contributed by atoms with E-state index in [9.17, 15) is 18.3 Å². The van der Waals surface area contributed by atoms with Crippen LogP contribution in [0.2, 0.25) is 0 Å². The summed E-state index contributed by atoms with van der Waals surface area (Å²) in [6, 6.07) is 40.4. The maximum absolute atomic E-state index is 13.6. The van der Waals surface area contributed by atoms with Crippen LogP contribution in [0.1, 0.15) is 57.3 Å². The number of aliphatic hydroxyl groups is 1. The van der Waals surface area contributed by atoms with Gasteiger partial charge in [-0.05, 0) is 53.3 Å². The quantitative estimate of drug-likeness (QED) is 0.0849. The summed E-state index contributed by atoms with van der Waals surface area (Å²) >= 11 is 1.52. The summed E-state index contributed by atoms with van der Waals surface area (Å²) in [6.45, 7) is 2.00. The third-order valence-corrected chi connectivity index (χ3v) is 12.1. The van der Waals surface area contributed by atoms with Crippen LogP contribution in [0.15, 0.2) is 150 Å². The van der Waals surface area contributed by atoms with E-state index in [0.29, 0.717) is 10.9 Å². The molecule has 1 aromatic heterocycles. The van der Waals surface area contributed by atoms with Crippen LogP contribution in [-0.4, -0.2) is 52.5 Å². The molecule has 5 aromatic carbocycles. The standard InChI is InChI=1S/C43H43N5O6S2/c1-29-12-22-36(23-13-29)56(51,52)48-37(24-30-8-4-2-5-9-30)41(50)44-25-31-14-20-35(21-15-31)42-53-38(27-55-43-45-28-46-47-43)39(33-10-6-3-7-11-33)40(54-42)34-18-16-32(26-49)17-19-34/h2-23,28,37-40,42,48-49H,24-27H2,1H3,(H,44,50)(H,45,46,47). The molecule has 0 aliphatic carbocycles. The van der Waals surface area contributed by atoms with Gasteiger partial charge in [-0.25, -0.2) is 13.4 Å². The van der Waals surface area contributed by atoms with Gasteiger partial charge in [-0.15, -0.1) is 0 Å². The zero-order chi connectivity index (χ0) is 38.9. The molecule has 0 radical (unpaired) electrons. The number of amides is 1. The van der Waals surface area contributed by atoms with Crippen molar-refractivity contribution < 1.29 is 27.8 Å². The van der Waals surface area contributed by atoms with Gasteiger partial charge in [-0.3, -0.25) is 9.89 Å². The predicted octanol–water partition coefficient (Wildman–Crippen LogP) is 6.54. The average Bonchev–Trinajstić information content (AvgIpc) is 3.76. The Morgan fingerprint density at radius 1 is 0.804 bits per heavy atom. The normalized spacial score (nSPS) is 19.0. The van der Waals surface area contributed by atoms with Crippen LogP contribution < -0.4 is 10.0 Å². The first-order valence-electron chi connectivity index (χ1n) is 18.3. The summed E-state index contributed by atoms with van der Waals surface area (Å²) in [5.41, 5.74) is 6.21. The number of thioether (sulfide) groups is 1. The molecule has 1 amide bonds. The zero-order valence-electron chi connectivity index (χ0n) is 30.7. The Morgan fingerprint density at radius 2 is 1.46 bits per heavy atom. The number of H-pyrrole nitrogens is 1. The molecule has 5 atom stereocenters. The Hall–Kier alpha value is -5.15. The summed E-state index contributed by atoms with van der Waals surface area (Å²) in [4.78, 5) is 18.0. The van der Waals surface area contributed by atoms with Gasteiger partial charge in [0, 0.05) is 23.8 Å². The van der Waals surface area contributed by atoms with Gasteiger partial charge in [-0.1, -0.05) is 139 Å². The van der Waals surface area contributed by atoms with Crippen molar-refractivity contribution in [3.05, 3.63) is 179 Å². The van der Waals surface area contributed by atoms with Crippen molar-refractivity contribution in [3.63, 3.8) is 0 Å². The number of aromatic amines is 1. The van der Waals surface area contributed by atoms with E-state index in [2.05, 4.69) is 37.4 Å². The highest BCUT2D eigenvalue weighted by Crippen LogP contribution is 2.47. The molecule has 1 aliphatic rings. The van der Waals surface area contributed by atoms with Crippen molar-refractivity contribution in [1.29, 1.82) is 0 Å². The van der Waals surface area contributed by atoms with Crippen molar-refractivity contribution in [2.75, 3.05) is 5.75 Å². The number of aryl methyl sites for hydroxylation is 1. The van der Waals surface area contributed by atoms with Crippen molar-refractivity contribution in [3.8, 4) is 0 Å². The van der Waals surface area contributed by atoms with E-state index in [0.717, 1.165) is 38.9 Å². The zero-order valence-corrected chi connectivity index (χ0v) is 32.3. The van der Waals surface area contributed by atoms with Crippen LogP contribution in [0.4, 0.5) is 0 Å². The van der Waals surface area contributed by atoms with Gasteiger partial charge >= 0.3 is 0 Å². The molecule has 288 valence electrons. The van der Waals surface area contributed by atoms with Crippen LogP contribution in [-0.2, 0) is 43.9 Å². The number of carbonyl (C=O) groups is 1. The molecule has 0 saturated carbocycles. The van der Waals surface area contributed by atoms with Crippen LogP contribution in [0.3, 0.4) is 0 Å². The van der Waals surface area contributed by atoms with Crippen molar-refractivity contribution in [2.24, 2.45) is 0 Å². The molecule has 2 heterocycles. The molecule has 5 unspecified atom stereocenters. The van der Waals surface area contributed by atoms with Crippen LogP contribution in [0.25, 0.3) is 0 Å². The van der Waals surface area contributed by atoms with E-state index in [4.69, 9.17) is 9.47 Å². The molecule has 0 spiro atoms. The highest BCUT2D eigenvalue weighted by atomic mass is 32.2. The van der Waals surface area contributed by atoms with Gasteiger partial charge in [0.15, 0.2) is 11.4 Å². The fourth-order valence-electron chi connectivity index (χ4n) is 6.69. The summed E-state index contributed by atoms with van der Waals surface area (Å²) < 4.78 is 42.9. The lowest BCUT2D eigenvalue weighted by atomic mass is 9.84. The second kappa shape index (κ2) is 18.2. The molecule has 4 N–H and O–H groups in total. The Balaban J connectivity index is 1.09. The molecular weight excluding hydrogens is 747 g/mol. The molecule has 6 aromatic rings. The summed E-state index contributed by atoms with van der Waals surface area (Å²) in [6.07, 6.45) is 0.267. The number of sulfonamides is 1. The minimum Gasteiger partial charge on any atom is -0.392 e. The van der Waals surface area contributed by atoms with E-state index in [1.807, 2.05) is 104 Å². The maximum atomic E-state index is 13.6. The molecule has 56 heavy (non-hydrogen) atoms. The third kappa shape index (κ3) is 9.80. The number of nitrogens with zero attached hydrogens (tertiary/aromatic N) is 2. The van der Waals surface area contributed by atoms with E-state index < -0.39 is 28.3 Å². The summed E-state index contributed by atoms with van der Waals surface area (Å²) in [5.74, 6) is -0.0341. The Labute approximate surface area is 331 Å². The van der Waals surface area contributed by atoms with Crippen molar-refractivity contribution >= 4 is 27.7 Å². The number of nitrogens with one attached hydrogen (secondary N) is 3. The van der Waals surface area contributed by atoms with Crippen LogP contribution in [0, 0.1) is 6.92 Å². The van der Waals surface area contributed by atoms with E-state index >= 15 is 0 Å². The average molecular weight is 790 g/mol. The molecule has 11 nitrogen and oxygen atoms in total. The predicted molar refractivity (Wildman–Crippen MR) is 214 cm³/mol. The number of hydrogen-bond donors (Lipinski definition) is 4. The fraction of sp³-hybridized carbons (Fsp3) is 0.233. The monoisotopic (exact) mass is 789 g/mol. The third-order valence-electron chi connectivity index (χ3n) is 9.69. The summed E-state index contributed by atoms with van der Waals surface area (Å²) in [5, 5.41) is 20.3. The highest BCUT2D eigenvalue weighted by Gasteiger charge is 2.42. The molecule has 7 rings (SSSR count). The molecule has 13 heteroatoms. The number of aliphatic hydroxyl groups excluding tert-OH is 1. The minimum absolute atomic E-state index is 0.0559. The molecule has 0 bridgehead atoms. The van der Waals surface area contributed by atoms with Gasteiger partial charge in [0.25, 0.3) is 0 Å². The van der Waals surface area contributed by atoms with Crippen molar-refractivity contribution in [2.45, 2.75) is 67.0 Å². The van der Waals surface area contributed by atoms with Gasteiger partial charge in [-0.2, -0.15) is 9.82 Å². The SMILES string of the molecule is Cc1ccc(S(=O)(=O)NC(Cc2ccccc2)C(=O)NCc2ccc(C3OC(CSc4ncn[nH]4)C(c4ccccc4)C(c4ccc(CO)cc4)O3)cc2)cc1. The largest absolute Gasteiger partial charge is 0.392 e. The highest BCUT2D eigenvalue weighted by molar-refractivity contribution is 7.99. The van der Waals surface area contributed by atoms with Gasteiger partial charge in [0.05, 0.1) is 23.7 Å². The van der Waals surface area contributed by atoms with Crippen molar-refractivity contribution in [1.82, 2.24) is 25.2 Å². The van der Waals surface area contributed by atoms with Gasteiger partial charge in [0.1, 0.15) is 12.4 Å². The maximum Gasteiger partial charge on any atom is 0.241 e. The molecule has 1 aliphatic heterocycles. The smallest absolute Gasteiger partial charge is 0.241 e. The Morgan fingerprint density at radius 3 is 2.12 bits per heavy atom. The summed E-state index contributed by atoms with van der Waals surface area (Å²) in [7, 11) is -3.97. The van der Waals surface area contributed by atoms with E-state index in [-0.39, 0.29) is 42.6 Å². The number of aromatic nitrogens is 3. The number of hydrogen-bond acceptors (Lipinski definition) is 9. The topological polar surface area (TPSA) is 156 Å². The number of ether oxygens (including phenoxy) is 2. The second-order valence-corrected chi connectivity index (χ2v) is 16.4. The number of rotatable bonds is 15. The van der Waals surface area contributed by atoms with Gasteiger partial charge < -0.3 is 19.9 Å². The number of carbonyl (C=O) groups excluding carboxylic acids is 1. The molecule has 1 fully saturated rings. The lowest BCUT2D eigenvalue weighted by Gasteiger charge is -2.43. The van der Waals surface area contributed by atoms with E-state index in [1.165, 1.54) is 30.2 Å². The van der Waals surface area contributed by atoms with Crippen LogP contribution in [0.5, 0.6) is 0 Å². The van der Waals surface area contributed by atoms with E-state index in [1.54, 1.807) is 12.1 Å². The first kappa shape index (κ1) is 39.1. The van der Waals surface area contributed by atoms with Gasteiger partial charge in [0.2, 0.25) is 15.9 Å². The first-order chi connectivity index (χ1) is 27.3.